The van der Waals surface area contributed by atoms with Crippen LogP contribution in [0.25, 0.3) is 88.7 Å². The summed E-state index contributed by atoms with van der Waals surface area (Å²) >= 11 is 0. The Bertz CT molecular complexity index is 2280. The first-order valence-corrected chi connectivity index (χ1v) is 14.2. The van der Waals surface area contributed by atoms with Crippen LogP contribution in [0.4, 0.5) is 0 Å². The van der Waals surface area contributed by atoms with Gasteiger partial charge in [-0.1, -0.05) is 115 Å². The molecule has 1 aromatic heterocycles. The second kappa shape index (κ2) is 8.92. The molecule has 1 heterocycles. The van der Waals surface area contributed by atoms with Crippen molar-refractivity contribution in [2.24, 2.45) is 0 Å². The van der Waals surface area contributed by atoms with Gasteiger partial charge in [-0.15, -0.1) is 0 Å². The summed E-state index contributed by atoms with van der Waals surface area (Å²) in [5.74, 6) is 2.01. The summed E-state index contributed by atoms with van der Waals surface area (Å²) in [7, 11) is 0. The maximum Gasteiger partial charge on any atom is 0.164 e. The van der Waals surface area contributed by atoms with Crippen molar-refractivity contribution in [2.45, 2.75) is 0 Å². The molecule has 0 amide bonds. The molecule has 0 atom stereocenters. The molecule has 0 fully saturated rings. The molecule has 0 bridgehead atoms. The fourth-order valence-electron chi connectivity index (χ4n) is 6.48. The number of fused-ring (bicyclic) bond motifs is 6. The molecule has 1 aliphatic carbocycles. The van der Waals surface area contributed by atoms with E-state index >= 15 is 0 Å². The van der Waals surface area contributed by atoms with Crippen LogP contribution in [0.3, 0.4) is 0 Å². The number of rotatable bonds is 3. The molecular formula is C39H23N3. The smallest absolute Gasteiger partial charge is 0.164 e. The predicted octanol–water partition coefficient (Wildman–Crippen LogP) is 9.98. The molecule has 3 heteroatoms. The zero-order chi connectivity index (χ0) is 27.6. The Balaban J connectivity index is 1.39. The van der Waals surface area contributed by atoms with E-state index in [1.54, 1.807) is 0 Å². The summed E-state index contributed by atoms with van der Waals surface area (Å²) in [6.07, 6.45) is 0. The van der Waals surface area contributed by atoms with Crippen molar-refractivity contribution in [1.29, 1.82) is 0 Å². The molecule has 0 aliphatic heterocycles. The summed E-state index contributed by atoms with van der Waals surface area (Å²) in [6, 6.07) is 49.1. The highest BCUT2D eigenvalue weighted by molar-refractivity contribution is 6.27. The molecule has 0 unspecified atom stereocenters. The maximum atomic E-state index is 5.11. The van der Waals surface area contributed by atoms with E-state index in [4.69, 9.17) is 15.0 Å². The van der Waals surface area contributed by atoms with Crippen molar-refractivity contribution < 1.29 is 0 Å². The van der Waals surface area contributed by atoms with Gasteiger partial charge in [-0.05, 0) is 73.5 Å². The Hall–Kier alpha value is -5.67. The van der Waals surface area contributed by atoms with Crippen molar-refractivity contribution in [3.63, 3.8) is 0 Å². The largest absolute Gasteiger partial charge is 0.208 e. The van der Waals surface area contributed by atoms with Crippen molar-refractivity contribution in [1.82, 2.24) is 15.0 Å². The third kappa shape index (κ3) is 3.44. The van der Waals surface area contributed by atoms with E-state index < -0.39 is 0 Å². The van der Waals surface area contributed by atoms with E-state index in [1.165, 1.54) is 54.6 Å². The SMILES string of the molecule is c1ccc(-c2nc(-c3ccccc3)nc(-c3ccc4c5c(cc6ccccc6c35)-c3cc5ccccc5cc3-4)n2)cc1. The van der Waals surface area contributed by atoms with Crippen LogP contribution in [0.1, 0.15) is 0 Å². The van der Waals surface area contributed by atoms with Crippen molar-refractivity contribution in [3.8, 4) is 56.4 Å². The molecule has 0 spiro atoms. The molecule has 7 aromatic carbocycles. The van der Waals surface area contributed by atoms with Gasteiger partial charge in [0.1, 0.15) is 0 Å². The number of nitrogens with zero attached hydrogens (tertiary/aromatic N) is 3. The van der Waals surface area contributed by atoms with Crippen molar-refractivity contribution in [3.05, 3.63) is 140 Å². The van der Waals surface area contributed by atoms with E-state index in [0.717, 1.165) is 16.7 Å². The first-order chi connectivity index (χ1) is 20.8. The predicted molar refractivity (Wildman–Crippen MR) is 173 cm³/mol. The van der Waals surface area contributed by atoms with Gasteiger partial charge in [-0.3, -0.25) is 0 Å². The van der Waals surface area contributed by atoms with E-state index in [2.05, 4.69) is 103 Å². The average molecular weight is 534 g/mol. The molecule has 0 N–H and O–H groups in total. The Morgan fingerprint density at radius 3 is 1.43 bits per heavy atom. The highest BCUT2D eigenvalue weighted by atomic mass is 15.0. The van der Waals surface area contributed by atoms with Gasteiger partial charge in [-0.2, -0.15) is 0 Å². The van der Waals surface area contributed by atoms with Gasteiger partial charge < -0.3 is 0 Å². The number of hydrogen-bond donors (Lipinski definition) is 0. The second-order valence-corrected chi connectivity index (χ2v) is 10.8. The van der Waals surface area contributed by atoms with Crippen LogP contribution in [0.2, 0.25) is 0 Å². The Morgan fingerprint density at radius 1 is 0.310 bits per heavy atom. The monoisotopic (exact) mass is 533 g/mol. The van der Waals surface area contributed by atoms with Crippen LogP contribution in [0.5, 0.6) is 0 Å². The molecular weight excluding hydrogens is 510 g/mol. The minimum atomic E-state index is 0.668. The summed E-state index contributed by atoms with van der Waals surface area (Å²) in [4.78, 5) is 15.1. The van der Waals surface area contributed by atoms with E-state index in [-0.39, 0.29) is 0 Å². The maximum absolute atomic E-state index is 5.11. The lowest BCUT2D eigenvalue weighted by atomic mass is 9.92. The van der Waals surface area contributed by atoms with Crippen LogP contribution in [-0.4, -0.2) is 15.0 Å². The fourth-order valence-corrected chi connectivity index (χ4v) is 6.48. The van der Waals surface area contributed by atoms with Crippen molar-refractivity contribution >= 4 is 32.3 Å². The van der Waals surface area contributed by atoms with Gasteiger partial charge in [0.25, 0.3) is 0 Å². The second-order valence-electron chi connectivity index (χ2n) is 10.8. The van der Waals surface area contributed by atoms with Crippen LogP contribution < -0.4 is 0 Å². The quantitative estimate of drug-likeness (QED) is 0.212. The van der Waals surface area contributed by atoms with Gasteiger partial charge in [-0.25, -0.2) is 15.0 Å². The van der Waals surface area contributed by atoms with Crippen LogP contribution >= 0.6 is 0 Å². The fraction of sp³-hybridized carbons (Fsp3) is 0. The summed E-state index contributed by atoms with van der Waals surface area (Å²) in [6.45, 7) is 0. The zero-order valence-corrected chi connectivity index (χ0v) is 22.6. The highest BCUT2D eigenvalue weighted by Crippen LogP contribution is 2.52. The van der Waals surface area contributed by atoms with Crippen LogP contribution in [0.15, 0.2) is 140 Å². The Morgan fingerprint density at radius 2 is 0.786 bits per heavy atom. The molecule has 3 nitrogen and oxygen atoms in total. The minimum absolute atomic E-state index is 0.668. The zero-order valence-electron chi connectivity index (χ0n) is 22.6. The molecule has 1 aliphatic rings. The van der Waals surface area contributed by atoms with Gasteiger partial charge in [0, 0.05) is 22.1 Å². The third-order valence-electron chi connectivity index (χ3n) is 8.41. The lowest BCUT2D eigenvalue weighted by Gasteiger charge is -2.14. The molecule has 8 aromatic rings. The standard InChI is InChI=1S/C39H23N3/c1-3-11-24(12-4-1)37-40-38(25-13-5-2-6-14-25)42-39(41-37)31-20-19-30-32-21-26-15-7-8-16-27(26)22-33(32)34-23-28-17-9-10-18-29(28)35(31)36(30)34/h1-23H. The van der Waals surface area contributed by atoms with E-state index in [1.807, 2.05) is 36.4 Å². The topological polar surface area (TPSA) is 38.7 Å². The average Bonchev–Trinajstić information content (AvgIpc) is 3.37. The Kier molecular flexibility index (Phi) is 4.90. The molecule has 42 heavy (non-hydrogen) atoms. The van der Waals surface area contributed by atoms with Crippen LogP contribution in [0, 0.1) is 0 Å². The molecule has 0 radical (unpaired) electrons. The first kappa shape index (κ1) is 23.1. The normalized spacial score (nSPS) is 11.8. The molecule has 9 rings (SSSR count). The third-order valence-corrected chi connectivity index (χ3v) is 8.41. The van der Waals surface area contributed by atoms with Crippen LogP contribution in [-0.2, 0) is 0 Å². The summed E-state index contributed by atoms with van der Waals surface area (Å²) in [5.41, 5.74) is 8.03. The van der Waals surface area contributed by atoms with Gasteiger partial charge in [0.15, 0.2) is 17.5 Å². The Labute approximate surface area is 242 Å². The van der Waals surface area contributed by atoms with Crippen molar-refractivity contribution in [2.75, 3.05) is 0 Å². The number of benzene rings is 7. The van der Waals surface area contributed by atoms with Gasteiger partial charge >= 0.3 is 0 Å². The van der Waals surface area contributed by atoms with Gasteiger partial charge in [0.05, 0.1) is 0 Å². The minimum Gasteiger partial charge on any atom is -0.208 e. The first-order valence-electron chi connectivity index (χ1n) is 14.2. The number of hydrogen-bond acceptors (Lipinski definition) is 3. The lowest BCUT2D eigenvalue weighted by Crippen LogP contribution is -2.00. The number of aromatic nitrogens is 3. The lowest BCUT2D eigenvalue weighted by molar-refractivity contribution is 1.08. The van der Waals surface area contributed by atoms with E-state index in [9.17, 15) is 0 Å². The molecule has 194 valence electrons. The van der Waals surface area contributed by atoms with E-state index in [0.29, 0.717) is 17.5 Å². The summed E-state index contributed by atoms with van der Waals surface area (Å²) in [5, 5.41) is 7.37. The molecule has 0 saturated heterocycles. The molecule has 0 saturated carbocycles. The van der Waals surface area contributed by atoms with Gasteiger partial charge in [0.2, 0.25) is 0 Å². The highest BCUT2D eigenvalue weighted by Gasteiger charge is 2.26. The summed E-state index contributed by atoms with van der Waals surface area (Å²) < 4.78 is 0.